The van der Waals surface area contributed by atoms with Gasteiger partial charge in [0.25, 0.3) is 0 Å². The number of aliphatic carboxylic acids is 1. The molecule has 0 radical (unpaired) electrons. The molecule has 8 nitrogen and oxygen atoms in total. The first-order chi connectivity index (χ1) is 13.4. The smallest absolute Gasteiger partial charge is 0.321 e. The number of phenols is 1. The van der Waals surface area contributed by atoms with E-state index in [1.165, 1.54) is 13.2 Å². The topological polar surface area (TPSA) is 116 Å². The van der Waals surface area contributed by atoms with Crippen molar-refractivity contribution >= 4 is 23.5 Å². The predicted octanol–water partition coefficient (Wildman–Crippen LogP) is 1.30. The molecule has 2 aliphatic rings. The minimum atomic E-state index is -1.23. The highest BCUT2D eigenvalue weighted by molar-refractivity contribution is 6.23. The van der Waals surface area contributed by atoms with E-state index in [4.69, 9.17) is 4.74 Å². The standard InChI is InChI=1S/C20H18N2O6/c1-28-11-8-6-10(7-9-11)22-18(24)14-15(19(22)25)17(20(26)27)21-16(14)12-4-2-3-5-13(12)23/h2-9,14-17,21,23H,1H3,(H,26,27)/t14-,15-,16-,17+/m0/s1. The highest BCUT2D eigenvalue weighted by atomic mass is 16.5. The predicted molar refractivity (Wildman–Crippen MR) is 97.9 cm³/mol. The first-order valence-corrected chi connectivity index (χ1v) is 8.72. The molecule has 2 heterocycles. The highest BCUT2D eigenvalue weighted by Crippen LogP contribution is 2.47. The Morgan fingerprint density at radius 2 is 1.68 bits per heavy atom. The monoisotopic (exact) mass is 382 g/mol. The average Bonchev–Trinajstić information content (AvgIpc) is 3.20. The van der Waals surface area contributed by atoms with Crippen molar-refractivity contribution in [2.24, 2.45) is 11.8 Å². The van der Waals surface area contributed by atoms with Crippen molar-refractivity contribution in [1.29, 1.82) is 0 Å². The summed E-state index contributed by atoms with van der Waals surface area (Å²) in [6.07, 6.45) is 0. The van der Waals surface area contributed by atoms with E-state index < -0.39 is 41.7 Å². The summed E-state index contributed by atoms with van der Waals surface area (Å²) in [4.78, 5) is 39.0. The lowest BCUT2D eigenvalue weighted by Gasteiger charge is -2.22. The lowest BCUT2D eigenvalue weighted by atomic mass is 9.86. The zero-order valence-corrected chi connectivity index (χ0v) is 14.9. The molecule has 2 saturated heterocycles. The van der Waals surface area contributed by atoms with Gasteiger partial charge in [-0.15, -0.1) is 0 Å². The number of carboxylic acid groups (broad SMARTS) is 1. The summed E-state index contributed by atoms with van der Waals surface area (Å²) in [6.45, 7) is 0. The maximum atomic E-state index is 13.2. The largest absolute Gasteiger partial charge is 0.508 e. The molecule has 8 heteroatoms. The zero-order valence-electron chi connectivity index (χ0n) is 14.9. The SMILES string of the molecule is COc1ccc(N2C(=O)[C@H]3[C@H](C2=O)[C@H](c2ccccc2O)N[C@H]3C(=O)O)cc1. The molecular formula is C20H18N2O6. The van der Waals surface area contributed by atoms with Gasteiger partial charge in [0, 0.05) is 11.6 Å². The second kappa shape index (κ2) is 6.65. The Morgan fingerprint density at radius 1 is 1.04 bits per heavy atom. The van der Waals surface area contributed by atoms with Gasteiger partial charge in [-0.3, -0.25) is 19.7 Å². The third-order valence-electron chi connectivity index (χ3n) is 5.34. The van der Waals surface area contributed by atoms with Gasteiger partial charge in [0.1, 0.15) is 17.5 Å². The number of carbonyl (C=O) groups is 3. The number of hydrogen-bond acceptors (Lipinski definition) is 6. The number of amides is 2. The van der Waals surface area contributed by atoms with Crippen LogP contribution in [-0.4, -0.2) is 41.1 Å². The number of para-hydroxylation sites is 1. The molecule has 4 rings (SSSR count). The molecule has 0 saturated carbocycles. The van der Waals surface area contributed by atoms with E-state index in [1.807, 2.05) is 0 Å². The second-order valence-electron chi connectivity index (χ2n) is 6.78. The molecule has 2 aromatic carbocycles. The number of anilines is 1. The van der Waals surface area contributed by atoms with Crippen LogP contribution in [0, 0.1) is 11.8 Å². The van der Waals surface area contributed by atoms with Crippen LogP contribution >= 0.6 is 0 Å². The number of ether oxygens (including phenoxy) is 1. The van der Waals surface area contributed by atoms with Crippen LogP contribution in [0.15, 0.2) is 48.5 Å². The summed E-state index contributed by atoms with van der Waals surface area (Å²) < 4.78 is 5.09. The van der Waals surface area contributed by atoms with Gasteiger partial charge < -0.3 is 14.9 Å². The Kier molecular flexibility index (Phi) is 4.27. The molecular weight excluding hydrogens is 364 g/mol. The van der Waals surface area contributed by atoms with E-state index in [1.54, 1.807) is 42.5 Å². The number of imide groups is 1. The summed E-state index contributed by atoms with van der Waals surface area (Å²) in [7, 11) is 1.51. The number of phenolic OH excluding ortho intramolecular Hbond substituents is 1. The van der Waals surface area contributed by atoms with E-state index in [-0.39, 0.29) is 5.75 Å². The maximum absolute atomic E-state index is 13.2. The highest BCUT2D eigenvalue weighted by Gasteiger charge is 2.61. The molecule has 0 aromatic heterocycles. The van der Waals surface area contributed by atoms with Crippen molar-refractivity contribution in [3.05, 3.63) is 54.1 Å². The van der Waals surface area contributed by atoms with Gasteiger partial charge in [-0.25, -0.2) is 4.90 Å². The van der Waals surface area contributed by atoms with Gasteiger partial charge >= 0.3 is 5.97 Å². The Morgan fingerprint density at radius 3 is 2.29 bits per heavy atom. The van der Waals surface area contributed by atoms with Crippen molar-refractivity contribution in [3.8, 4) is 11.5 Å². The third-order valence-corrected chi connectivity index (χ3v) is 5.34. The van der Waals surface area contributed by atoms with Crippen molar-refractivity contribution in [2.45, 2.75) is 12.1 Å². The number of benzene rings is 2. The maximum Gasteiger partial charge on any atom is 0.321 e. The Labute approximate surface area is 160 Å². The molecule has 4 atom stereocenters. The van der Waals surface area contributed by atoms with Crippen LogP contribution in [-0.2, 0) is 14.4 Å². The molecule has 0 bridgehead atoms. The van der Waals surface area contributed by atoms with E-state index in [2.05, 4.69) is 5.32 Å². The van der Waals surface area contributed by atoms with Crippen LogP contribution in [0.1, 0.15) is 11.6 Å². The number of nitrogens with zero attached hydrogens (tertiary/aromatic N) is 1. The fraction of sp³-hybridized carbons (Fsp3) is 0.250. The molecule has 2 aliphatic heterocycles. The van der Waals surface area contributed by atoms with Crippen molar-refractivity contribution in [3.63, 3.8) is 0 Å². The molecule has 0 spiro atoms. The number of hydrogen-bond donors (Lipinski definition) is 3. The molecule has 0 unspecified atom stereocenters. The quantitative estimate of drug-likeness (QED) is 0.683. The summed E-state index contributed by atoms with van der Waals surface area (Å²) >= 11 is 0. The van der Waals surface area contributed by atoms with Crippen LogP contribution < -0.4 is 15.0 Å². The molecule has 2 aromatic rings. The van der Waals surface area contributed by atoms with Gasteiger partial charge in [-0.1, -0.05) is 18.2 Å². The zero-order chi connectivity index (χ0) is 20.0. The Balaban J connectivity index is 1.76. The fourth-order valence-electron chi connectivity index (χ4n) is 4.06. The number of carboxylic acids is 1. The Hall–Kier alpha value is -3.39. The minimum Gasteiger partial charge on any atom is -0.508 e. The van der Waals surface area contributed by atoms with Crippen molar-refractivity contribution in [1.82, 2.24) is 5.32 Å². The van der Waals surface area contributed by atoms with E-state index in [0.717, 1.165) is 4.90 Å². The normalized spacial score (nSPS) is 26.4. The minimum absolute atomic E-state index is 0.0621. The van der Waals surface area contributed by atoms with Gasteiger partial charge in [0.15, 0.2) is 0 Å². The number of carbonyl (C=O) groups excluding carboxylic acids is 2. The number of nitrogens with one attached hydrogen (secondary N) is 1. The first-order valence-electron chi connectivity index (χ1n) is 8.72. The van der Waals surface area contributed by atoms with Gasteiger partial charge in [0.2, 0.25) is 11.8 Å². The second-order valence-corrected chi connectivity index (χ2v) is 6.78. The molecule has 0 aliphatic carbocycles. The number of methoxy groups -OCH3 is 1. The summed E-state index contributed by atoms with van der Waals surface area (Å²) in [5.41, 5.74) is 0.740. The summed E-state index contributed by atoms with van der Waals surface area (Å²) in [5, 5.41) is 22.7. The third kappa shape index (κ3) is 2.61. The van der Waals surface area contributed by atoms with E-state index >= 15 is 0 Å². The van der Waals surface area contributed by atoms with Crippen LogP contribution in [0.2, 0.25) is 0 Å². The van der Waals surface area contributed by atoms with Gasteiger partial charge in [-0.2, -0.15) is 0 Å². The fourth-order valence-corrected chi connectivity index (χ4v) is 4.06. The van der Waals surface area contributed by atoms with Crippen molar-refractivity contribution < 1.29 is 29.3 Å². The van der Waals surface area contributed by atoms with E-state index in [9.17, 15) is 24.6 Å². The van der Waals surface area contributed by atoms with Crippen molar-refractivity contribution in [2.75, 3.05) is 12.0 Å². The van der Waals surface area contributed by atoms with Gasteiger partial charge in [0.05, 0.1) is 24.6 Å². The molecule has 2 fully saturated rings. The molecule has 3 N–H and O–H groups in total. The van der Waals surface area contributed by atoms with Crippen LogP contribution in [0.5, 0.6) is 11.5 Å². The van der Waals surface area contributed by atoms with Gasteiger partial charge in [-0.05, 0) is 30.3 Å². The van der Waals surface area contributed by atoms with Crippen LogP contribution in [0.3, 0.4) is 0 Å². The average molecular weight is 382 g/mol. The number of fused-ring (bicyclic) bond motifs is 1. The van der Waals surface area contributed by atoms with Crippen LogP contribution in [0.4, 0.5) is 5.69 Å². The van der Waals surface area contributed by atoms with E-state index in [0.29, 0.717) is 17.0 Å². The molecule has 2 amide bonds. The number of aromatic hydroxyl groups is 1. The summed E-state index contributed by atoms with van der Waals surface area (Å²) in [6, 6.07) is 10.8. The first kappa shape index (κ1) is 18.0. The molecule has 144 valence electrons. The number of rotatable bonds is 4. The lowest BCUT2D eigenvalue weighted by molar-refractivity contribution is -0.142. The lowest BCUT2D eigenvalue weighted by Crippen LogP contribution is -2.43. The summed E-state index contributed by atoms with van der Waals surface area (Å²) in [5.74, 6) is -3.76. The molecule has 28 heavy (non-hydrogen) atoms. The van der Waals surface area contributed by atoms with Crippen LogP contribution in [0.25, 0.3) is 0 Å². The Bertz CT molecular complexity index is 957.